The van der Waals surface area contributed by atoms with Gasteiger partial charge in [0, 0.05) is 25.0 Å². The molecule has 0 N–H and O–H groups in total. The second kappa shape index (κ2) is 2.94. The summed E-state index contributed by atoms with van der Waals surface area (Å²) >= 11 is 0. The van der Waals surface area contributed by atoms with E-state index >= 15 is 0 Å². The van der Waals surface area contributed by atoms with Gasteiger partial charge in [0.05, 0.1) is 5.75 Å². The van der Waals surface area contributed by atoms with E-state index in [9.17, 15) is 8.42 Å². The van der Waals surface area contributed by atoms with Crippen molar-refractivity contribution in [3.05, 3.63) is 18.0 Å². The molecule has 2 aliphatic heterocycles. The Hall–Kier alpha value is -1.17. The summed E-state index contributed by atoms with van der Waals surface area (Å²) in [5.74, 6) is 0.989. The smallest absolute Gasteiger partial charge is 0.225 e. The zero-order valence-electron chi connectivity index (χ0n) is 9.05. The van der Waals surface area contributed by atoms with Crippen LogP contribution < -0.4 is 4.90 Å². The predicted molar refractivity (Wildman–Crippen MR) is 60.1 cm³/mol. The fraction of sp³-hybridized carbons (Fsp3) is 0.600. The molecular weight excluding hydrogens is 226 g/mol. The highest BCUT2D eigenvalue weighted by molar-refractivity contribution is 7.94. The van der Waals surface area contributed by atoms with E-state index < -0.39 is 14.6 Å². The molecule has 0 radical (unpaired) electrons. The Labute approximate surface area is 94.4 Å². The van der Waals surface area contributed by atoms with Gasteiger partial charge in [-0.2, -0.15) is 0 Å². The van der Waals surface area contributed by atoms with Gasteiger partial charge in [-0.1, -0.05) is 0 Å². The summed E-state index contributed by atoms with van der Waals surface area (Å²) in [7, 11) is -2.83. The molecule has 3 heterocycles. The van der Waals surface area contributed by atoms with Crippen molar-refractivity contribution in [1.82, 2.24) is 9.97 Å². The second-order valence-corrected chi connectivity index (χ2v) is 7.11. The highest BCUT2D eigenvalue weighted by Gasteiger charge is 2.60. The van der Waals surface area contributed by atoms with Crippen LogP contribution in [0.2, 0.25) is 0 Å². The SMILES string of the molecule is Cc1ccnc(N2CC3(CCS3(=O)=O)C2)n1. The Morgan fingerprint density at radius 1 is 1.44 bits per heavy atom. The molecule has 1 aromatic rings. The van der Waals surface area contributed by atoms with Gasteiger partial charge >= 0.3 is 0 Å². The molecule has 86 valence electrons. The summed E-state index contributed by atoms with van der Waals surface area (Å²) in [4.78, 5) is 10.4. The van der Waals surface area contributed by atoms with Gasteiger partial charge in [-0.05, 0) is 19.4 Å². The van der Waals surface area contributed by atoms with Crippen molar-refractivity contribution in [2.24, 2.45) is 0 Å². The molecule has 0 atom stereocenters. The van der Waals surface area contributed by atoms with Crippen molar-refractivity contribution in [3.8, 4) is 0 Å². The lowest BCUT2D eigenvalue weighted by atomic mass is 9.95. The Balaban J connectivity index is 1.79. The standard InChI is InChI=1S/C10H13N3O2S/c1-8-2-4-11-9(12-8)13-6-10(7-13)3-5-16(10,14)15/h2,4H,3,5-7H2,1H3. The summed E-state index contributed by atoms with van der Waals surface area (Å²) in [5.41, 5.74) is 0.905. The van der Waals surface area contributed by atoms with Crippen molar-refractivity contribution in [2.75, 3.05) is 23.7 Å². The monoisotopic (exact) mass is 239 g/mol. The van der Waals surface area contributed by atoms with Crippen molar-refractivity contribution < 1.29 is 8.42 Å². The van der Waals surface area contributed by atoms with Gasteiger partial charge in [-0.25, -0.2) is 18.4 Å². The van der Waals surface area contributed by atoms with Crippen LogP contribution in [0.5, 0.6) is 0 Å². The highest BCUT2D eigenvalue weighted by Crippen LogP contribution is 2.42. The zero-order valence-corrected chi connectivity index (χ0v) is 9.87. The molecule has 6 heteroatoms. The van der Waals surface area contributed by atoms with E-state index in [1.54, 1.807) is 6.20 Å². The molecule has 2 aliphatic rings. The number of hydrogen-bond acceptors (Lipinski definition) is 5. The van der Waals surface area contributed by atoms with Crippen molar-refractivity contribution in [1.29, 1.82) is 0 Å². The minimum absolute atomic E-state index is 0.343. The third-order valence-electron chi connectivity index (χ3n) is 3.51. The summed E-state index contributed by atoms with van der Waals surface area (Å²) < 4.78 is 22.7. The highest BCUT2D eigenvalue weighted by atomic mass is 32.2. The van der Waals surface area contributed by atoms with E-state index in [0.29, 0.717) is 24.8 Å². The quantitative estimate of drug-likeness (QED) is 0.698. The van der Waals surface area contributed by atoms with Crippen molar-refractivity contribution in [2.45, 2.75) is 18.1 Å². The Bertz CT molecular complexity index is 535. The van der Waals surface area contributed by atoms with Crippen LogP contribution in [0.25, 0.3) is 0 Å². The minimum atomic E-state index is -2.83. The molecule has 0 unspecified atom stereocenters. The molecule has 0 bridgehead atoms. The number of nitrogens with zero attached hydrogens (tertiary/aromatic N) is 3. The molecule has 3 rings (SSSR count). The van der Waals surface area contributed by atoms with Crippen LogP contribution in [0.1, 0.15) is 12.1 Å². The number of anilines is 1. The first-order chi connectivity index (χ1) is 7.52. The van der Waals surface area contributed by atoms with Crippen LogP contribution in [-0.4, -0.2) is 42.0 Å². The largest absolute Gasteiger partial charge is 0.337 e. The van der Waals surface area contributed by atoms with Gasteiger partial charge in [0.25, 0.3) is 0 Å². The molecule has 0 aromatic carbocycles. The van der Waals surface area contributed by atoms with Gasteiger partial charge in [0.2, 0.25) is 5.95 Å². The summed E-state index contributed by atoms with van der Waals surface area (Å²) in [6.07, 6.45) is 2.50. The molecule has 16 heavy (non-hydrogen) atoms. The van der Waals surface area contributed by atoms with Gasteiger partial charge < -0.3 is 4.90 Å². The number of rotatable bonds is 1. The van der Waals surface area contributed by atoms with Gasteiger partial charge in [0.1, 0.15) is 4.75 Å². The molecule has 1 spiro atoms. The molecule has 0 amide bonds. The molecule has 0 saturated carbocycles. The fourth-order valence-corrected chi connectivity index (χ4v) is 4.11. The maximum absolute atomic E-state index is 11.6. The van der Waals surface area contributed by atoms with E-state index in [-0.39, 0.29) is 0 Å². The fourth-order valence-electron chi connectivity index (χ4n) is 2.29. The van der Waals surface area contributed by atoms with E-state index in [0.717, 1.165) is 12.1 Å². The second-order valence-electron chi connectivity index (χ2n) is 4.61. The molecule has 1 aromatic heterocycles. The molecule has 5 nitrogen and oxygen atoms in total. The van der Waals surface area contributed by atoms with Gasteiger partial charge in [0.15, 0.2) is 9.84 Å². The number of hydrogen-bond donors (Lipinski definition) is 0. The van der Waals surface area contributed by atoms with Crippen LogP contribution in [0.3, 0.4) is 0 Å². The van der Waals surface area contributed by atoms with Gasteiger partial charge in [-0.15, -0.1) is 0 Å². The van der Waals surface area contributed by atoms with Crippen LogP contribution in [0, 0.1) is 6.92 Å². The Morgan fingerprint density at radius 3 is 2.69 bits per heavy atom. The Morgan fingerprint density at radius 2 is 2.19 bits per heavy atom. The van der Waals surface area contributed by atoms with Crippen LogP contribution >= 0.6 is 0 Å². The minimum Gasteiger partial charge on any atom is -0.337 e. The van der Waals surface area contributed by atoms with Gasteiger partial charge in [-0.3, -0.25) is 0 Å². The van der Waals surface area contributed by atoms with E-state index in [4.69, 9.17) is 0 Å². The average Bonchev–Trinajstić information content (AvgIpc) is 2.14. The van der Waals surface area contributed by atoms with E-state index in [2.05, 4.69) is 9.97 Å². The van der Waals surface area contributed by atoms with Crippen LogP contribution in [-0.2, 0) is 9.84 Å². The third-order valence-corrected chi connectivity index (χ3v) is 6.03. The first-order valence-corrected chi connectivity index (χ1v) is 6.95. The maximum Gasteiger partial charge on any atom is 0.225 e. The molecule has 2 fully saturated rings. The first-order valence-electron chi connectivity index (χ1n) is 5.29. The topological polar surface area (TPSA) is 63.2 Å². The van der Waals surface area contributed by atoms with Crippen molar-refractivity contribution in [3.63, 3.8) is 0 Å². The number of aryl methyl sites for hydroxylation is 1. The number of aromatic nitrogens is 2. The van der Waals surface area contributed by atoms with Crippen molar-refractivity contribution >= 4 is 15.8 Å². The average molecular weight is 239 g/mol. The van der Waals surface area contributed by atoms with Crippen LogP contribution in [0.4, 0.5) is 5.95 Å². The van der Waals surface area contributed by atoms with Crippen LogP contribution in [0.15, 0.2) is 12.3 Å². The lowest BCUT2D eigenvalue weighted by molar-refractivity contribution is 0.369. The Kier molecular flexibility index (Phi) is 1.84. The third kappa shape index (κ3) is 1.19. The maximum atomic E-state index is 11.6. The lowest BCUT2D eigenvalue weighted by Crippen LogP contribution is -2.72. The number of sulfone groups is 1. The van der Waals surface area contributed by atoms with E-state index in [1.165, 1.54) is 0 Å². The zero-order chi connectivity index (χ0) is 11.4. The molecule has 0 aliphatic carbocycles. The summed E-state index contributed by atoms with van der Waals surface area (Å²) in [5, 5.41) is 0. The van der Waals surface area contributed by atoms with E-state index in [1.807, 2.05) is 17.9 Å². The molecule has 2 saturated heterocycles. The summed E-state index contributed by atoms with van der Waals surface area (Å²) in [6, 6.07) is 1.83. The normalized spacial score (nSPS) is 24.9. The summed E-state index contributed by atoms with van der Waals surface area (Å²) in [6.45, 7) is 3.01. The first kappa shape index (κ1) is 10.0. The molecular formula is C10H13N3O2S. The predicted octanol–water partition coefficient (Wildman–Crippen LogP) is 0.162. The lowest BCUT2D eigenvalue weighted by Gasteiger charge is -2.54.